The van der Waals surface area contributed by atoms with Gasteiger partial charge in [-0.2, -0.15) is 0 Å². The Morgan fingerprint density at radius 2 is 2.36 bits per heavy atom. The van der Waals surface area contributed by atoms with Crippen LogP contribution in [0, 0.1) is 0 Å². The van der Waals surface area contributed by atoms with E-state index in [-0.39, 0.29) is 5.91 Å². The number of hydrogen-bond donors (Lipinski definition) is 2. The predicted molar refractivity (Wildman–Crippen MR) is 54.7 cm³/mol. The number of likely N-dealkylation sites (tertiary alicyclic amines) is 1. The number of carbonyl (C=O) groups is 1. The quantitative estimate of drug-likeness (QED) is 0.679. The Morgan fingerprint density at radius 1 is 1.64 bits per heavy atom. The summed E-state index contributed by atoms with van der Waals surface area (Å²) in [5.74, 6) is 0.121. The highest BCUT2D eigenvalue weighted by Gasteiger charge is 2.30. The number of aliphatic hydroxyl groups is 1. The molecule has 0 aromatic rings. The normalized spacial score (nSPS) is 27.8. The van der Waals surface area contributed by atoms with Crippen LogP contribution in [0.2, 0.25) is 0 Å². The Labute approximate surface area is 85.1 Å². The summed E-state index contributed by atoms with van der Waals surface area (Å²) >= 11 is 0. The molecule has 4 heteroatoms. The van der Waals surface area contributed by atoms with Crippen molar-refractivity contribution >= 4 is 5.91 Å². The van der Waals surface area contributed by atoms with Crippen molar-refractivity contribution < 1.29 is 9.90 Å². The Hall–Kier alpha value is -0.610. The van der Waals surface area contributed by atoms with Gasteiger partial charge in [-0.1, -0.05) is 0 Å². The summed E-state index contributed by atoms with van der Waals surface area (Å²) in [4.78, 5) is 13.4. The van der Waals surface area contributed by atoms with Crippen molar-refractivity contribution in [2.24, 2.45) is 5.73 Å². The van der Waals surface area contributed by atoms with Crippen LogP contribution in [0.1, 0.15) is 32.6 Å². The molecule has 0 bridgehead atoms. The molecule has 4 nitrogen and oxygen atoms in total. The molecule has 1 rings (SSSR count). The summed E-state index contributed by atoms with van der Waals surface area (Å²) in [6, 6.07) is 0. The van der Waals surface area contributed by atoms with Crippen molar-refractivity contribution in [1.82, 2.24) is 4.90 Å². The Bertz CT molecular complexity index is 204. The van der Waals surface area contributed by atoms with E-state index in [4.69, 9.17) is 5.73 Å². The third kappa shape index (κ3) is 3.27. The average Bonchev–Trinajstić information content (AvgIpc) is 2.12. The molecule has 0 aromatic heterocycles. The fourth-order valence-corrected chi connectivity index (χ4v) is 1.84. The highest BCUT2D eigenvalue weighted by molar-refractivity contribution is 5.76. The zero-order valence-electron chi connectivity index (χ0n) is 8.83. The SMILES string of the molecule is CC1(O)CCCN(C(=O)CCCN)C1. The predicted octanol–water partition coefficient (Wildman–Crippen LogP) is 0.0987. The van der Waals surface area contributed by atoms with E-state index in [0.717, 1.165) is 25.8 Å². The standard InChI is InChI=1S/C10H20N2O2/c1-10(14)5-3-7-12(8-10)9(13)4-2-6-11/h14H,2-8,11H2,1H3. The summed E-state index contributed by atoms with van der Waals surface area (Å²) in [6.07, 6.45) is 2.92. The molecule has 0 aromatic carbocycles. The number of amides is 1. The van der Waals surface area contributed by atoms with E-state index in [1.165, 1.54) is 0 Å². The van der Waals surface area contributed by atoms with E-state index >= 15 is 0 Å². The molecule has 1 amide bonds. The number of piperidine rings is 1. The highest BCUT2D eigenvalue weighted by Crippen LogP contribution is 2.20. The maximum absolute atomic E-state index is 11.6. The maximum Gasteiger partial charge on any atom is 0.222 e. The molecule has 1 heterocycles. The summed E-state index contributed by atoms with van der Waals surface area (Å²) in [7, 11) is 0. The molecule has 1 unspecified atom stereocenters. The fourth-order valence-electron chi connectivity index (χ4n) is 1.84. The third-order valence-corrected chi connectivity index (χ3v) is 2.62. The largest absolute Gasteiger partial charge is 0.388 e. The lowest BCUT2D eigenvalue weighted by atomic mass is 9.95. The Morgan fingerprint density at radius 3 is 2.93 bits per heavy atom. The summed E-state index contributed by atoms with van der Waals surface area (Å²) < 4.78 is 0. The number of carbonyl (C=O) groups excluding carboxylic acids is 1. The van der Waals surface area contributed by atoms with Gasteiger partial charge in [0.1, 0.15) is 0 Å². The van der Waals surface area contributed by atoms with E-state index in [1.54, 1.807) is 11.8 Å². The molecule has 1 saturated heterocycles. The zero-order valence-corrected chi connectivity index (χ0v) is 8.83. The molecule has 1 aliphatic rings. The van der Waals surface area contributed by atoms with E-state index < -0.39 is 5.60 Å². The first-order chi connectivity index (χ1) is 6.55. The zero-order chi connectivity index (χ0) is 10.6. The van der Waals surface area contributed by atoms with E-state index in [1.807, 2.05) is 0 Å². The average molecular weight is 200 g/mol. The van der Waals surface area contributed by atoms with Gasteiger partial charge in [0.25, 0.3) is 0 Å². The van der Waals surface area contributed by atoms with Crippen LogP contribution >= 0.6 is 0 Å². The molecule has 1 aliphatic heterocycles. The molecule has 82 valence electrons. The fraction of sp³-hybridized carbons (Fsp3) is 0.900. The number of β-amino-alcohol motifs (C(OH)–C–C–N with tert-alkyl or cyclic N) is 1. The van der Waals surface area contributed by atoms with Gasteiger partial charge in [0.05, 0.1) is 5.60 Å². The molecule has 14 heavy (non-hydrogen) atoms. The first-order valence-electron chi connectivity index (χ1n) is 5.25. The summed E-state index contributed by atoms with van der Waals surface area (Å²) in [6.45, 7) is 3.58. The van der Waals surface area contributed by atoms with Gasteiger partial charge in [-0.15, -0.1) is 0 Å². The van der Waals surface area contributed by atoms with Crippen molar-refractivity contribution in [2.45, 2.75) is 38.2 Å². The van der Waals surface area contributed by atoms with Gasteiger partial charge >= 0.3 is 0 Å². The molecule has 1 fully saturated rings. The number of rotatable bonds is 3. The molecular weight excluding hydrogens is 180 g/mol. The summed E-state index contributed by atoms with van der Waals surface area (Å²) in [5, 5.41) is 9.80. The number of nitrogens with zero attached hydrogens (tertiary/aromatic N) is 1. The minimum atomic E-state index is -0.698. The van der Waals surface area contributed by atoms with Gasteiger partial charge in [-0.25, -0.2) is 0 Å². The smallest absolute Gasteiger partial charge is 0.222 e. The number of nitrogens with two attached hydrogens (primary N) is 1. The summed E-state index contributed by atoms with van der Waals surface area (Å²) in [5.41, 5.74) is 4.64. The van der Waals surface area contributed by atoms with Gasteiger partial charge in [-0.05, 0) is 32.7 Å². The van der Waals surface area contributed by atoms with Crippen LogP contribution in [-0.2, 0) is 4.79 Å². The second kappa shape index (κ2) is 4.75. The van der Waals surface area contributed by atoms with Crippen LogP contribution in [0.4, 0.5) is 0 Å². The second-order valence-electron chi connectivity index (χ2n) is 4.31. The maximum atomic E-state index is 11.6. The lowest BCUT2D eigenvalue weighted by Gasteiger charge is -2.36. The van der Waals surface area contributed by atoms with Gasteiger partial charge in [0.15, 0.2) is 0 Å². The molecule has 0 saturated carbocycles. The lowest BCUT2D eigenvalue weighted by molar-refractivity contribution is -0.137. The van der Waals surface area contributed by atoms with Crippen molar-refractivity contribution in [3.8, 4) is 0 Å². The highest BCUT2D eigenvalue weighted by atomic mass is 16.3. The lowest BCUT2D eigenvalue weighted by Crippen LogP contribution is -2.48. The molecule has 0 spiro atoms. The molecular formula is C10H20N2O2. The Kier molecular flexibility index (Phi) is 3.89. The molecule has 0 radical (unpaired) electrons. The van der Waals surface area contributed by atoms with E-state index in [2.05, 4.69) is 0 Å². The van der Waals surface area contributed by atoms with Crippen LogP contribution in [0.15, 0.2) is 0 Å². The molecule has 3 N–H and O–H groups in total. The van der Waals surface area contributed by atoms with Crippen molar-refractivity contribution in [2.75, 3.05) is 19.6 Å². The monoisotopic (exact) mass is 200 g/mol. The van der Waals surface area contributed by atoms with Crippen LogP contribution in [-0.4, -0.2) is 41.1 Å². The minimum Gasteiger partial charge on any atom is -0.388 e. The van der Waals surface area contributed by atoms with Crippen LogP contribution in [0.25, 0.3) is 0 Å². The minimum absolute atomic E-state index is 0.121. The van der Waals surface area contributed by atoms with Gasteiger partial charge in [-0.3, -0.25) is 4.79 Å². The molecule has 1 atom stereocenters. The van der Waals surface area contributed by atoms with Crippen molar-refractivity contribution in [3.05, 3.63) is 0 Å². The van der Waals surface area contributed by atoms with Crippen molar-refractivity contribution in [1.29, 1.82) is 0 Å². The molecule has 0 aliphatic carbocycles. The van der Waals surface area contributed by atoms with Gasteiger partial charge in [0, 0.05) is 19.5 Å². The third-order valence-electron chi connectivity index (χ3n) is 2.62. The Balaban J connectivity index is 2.40. The van der Waals surface area contributed by atoms with Crippen LogP contribution in [0.3, 0.4) is 0 Å². The second-order valence-corrected chi connectivity index (χ2v) is 4.31. The first kappa shape index (κ1) is 11.5. The van der Waals surface area contributed by atoms with E-state index in [9.17, 15) is 9.90 Å². The topological polar surface area (TPSA) is 66.6 Å². The number of hydrogen-bond acceptors (Lipinski definition) is 3. The van der Waals surface area contributed by atoms with Crippen LogP contribution in [0.5, 0.6) is 0 Å². The van der Waals surface area contributed by atoms with Crippen LogP contribution < -0.4 is 5.73 Å². The van der Waals surface area contributed by atoms with E-state index in [0.29, 0.717) is 19.5 Å². The van der Waals surface area contributed by atoms with Crippen molar-refractivity contribution in [3.63, 3.8) is 0 Å². The van der Waals surface area contributed by atoms with Gasteiger partial charge in [0.2, 0.25) is 5.91 Å². The first-order valence-corrected chi connectivity index (χ1v) is 5.25. The van der Waals surface area contributed by atoms with Gasteiger partial charge < -0.3 is 15.7 Å².